The molecule has 3 N–H and O–H groups in total. The predicted octanol–water partition coefficient (Wildman–Crippen LogP) is 4.18. The third-order valence-electron chi connectivity index (χ3n) is 5.44. The average molecular weight is 478 g/mol. The summed E-state index contributed by atoms with van der Waals surface area (Å²) in [6.07, 6.45) is 1.73. The lowest BCUT2D eigenvalue weighted by molar-refractivity contribution is 0.0709. The number of carbonyl (C=O) groups is 1. The monoisotopic (exact) mass is 477 g/mol. The second-order valence-electron chi connectivity index (χ2n) is 9.20. The van der Waals surface area contributed by atoms with Crippen molar-refractivity contribution in [1.82, 2.24) is 20.2 Å². The van der Waals surface area contributed by atoms with Crippen LogP contribution in [0.15, 0.2) is 65.7 Å². The van der Waals surface area contributed by atoms with Crippen LogP contribution in [-0.2, 0) is 0 Å². The lowest BCUT2D eigenvalue weighted by atomic mass is 10.1. The van der Waals surface area contributed by atoms with Gasteiger partial charge in [-0.15, -0.1) is 11.8 Å². The minimum Gasteiger partial charge on any atom is -0.390 e. The zero-order chi connectivity index (χ0) is 24.1. The first-order valence-electron chi connectivity index (χ1n) is 11.5. The van der Waals surface area contributed by atoms with Gasteiger partial charge in [0.2, 0.25) is 5.95 Å². The summed E-state index contributed by atoms with van der Waals surface area (Å²) in [6, 6.07) is 17.7. The number of aromatic nitrogens is 2. The lowest BCUT2D eigenvalue weighted by Gasteiger charge is -2.32. The largest absolute Gasteiger partial charge is 0.390 e. The number of nitrogens with one attached hydrogen (secondary N) is 2. The quantitative estimate of drug-likeness (QED) is 0.440. The maximum absolute atomic E-state index is 12.8. The van der Waals surface area contributed by atoms with Crippen LogP contribution < -0.4 is 10.6 Å². The Kier molecular flexibility index (Phi) is 7.50. The van der Waals surface area contributed by atoms with E-state index in [0.29, 0.717) is 23.3 Å². The van der Waals surface area contributed by atoms with Crippen molar-refractivity contribution in [2.45, 2.75) is 37.3 Å². The number of aliphatic hydroxyl groups is 1. The summed E-state index contributed by atoms with van der Waals surface area (Å²) in [7, 11) is 0. The van der Waals surface area contributed by atoms with E-state index in [1.807, 2.05) is 73.3 Å². The van der Waals surface area contributed by atoms with Gasteiger partial charge < -0.3 is 20.6 Å². The van der Waals surface area contributed by atoms with Crippen LogP contribution in [0.1, 0.15) is 31.1 Å². The Hall–Kier alpha value is -2.94. The highest BCUT2D eigenvalue weighted by molar-refractivity contribution is 7.99. The van der Waals surface area contributed by atoms with Crippen molar-refractivity contribution in [2.75, 3.05) is 30.7 Å². The van der Waals surface area contributed by atoms with Gasteiger partial charge in [0, 0.05) is 59.3 Å². The topological polar surface area (TPSA) is 90.4 Å². The van der Waals surface area contributed by atoms with Gasteiger partial charge in [-0.2, -0.15) is 0 Å². The summed E-state index contributed by atoms with van der Waals surface area (Å²) in [4.78, 5) is 24.7. The number of thioether (sulfide) groups is 1. The molecule has 0 radical (unpaired) electrons. The Morgan fingerprint density at radius 3 is 2.59 bits per heavy atom. The number of amides is 1. The van der Waals surface area contributed by atoms with Crippen molar-refractivity contribution in [3.8, 4) is 11.3 Å². The van der Waals surface area contributed by atoms with Gasteiger partial charge in [0.15, 0.2) is 0 Å². The summed E-state index contributed by atoms with van der Waals surface area (Å²) in [5, 5.41) is 16.5. The Morgan fingerprint density at radius 1 is 1.18 bits per heavy atom. The van der Waals surface area contributed by atoms with Crippen molar-refractivity contribution in [3.63, 3.8) is 0 Å². The molecule has 34 heavy (non-hydrogen) atoms. The molecule has 0 unspecified atom stereocenters. The van der Waals surface area contributed by atoms with E-state index in [4.69, 9.17) is 0 Å². The molecule has 3 aromatic rings. The molecule has 8 heteroatoms. The minimum absolute atomic E-state index is 0.0577. The average Bonchev–Trinajstić information content (AvgIpc) is 2.83. The Labute approximate surface area is 205 Å². The summed E-state index contributed by atoms with van der Waals surface area (Å²) >= 11 is 1.62. The number of benzene rings is 2. The molecule has 0 spiro atoms. The van der Waals surface area contributed by atoms with Crippen LogP contribution in [0, 0.1) is 0 Å². The first kappa shape index (κ1) is 24.2. The van der Waals surface area contributed by atoms with Gasteiger partial charge in [0.1, 0.15) is 0 Å². The van der Waals surface area contributed by atoms with Crippen molar-refractivity contribution < 1.29 is 9.90 Å². The molecule has 1 aliphatic rings. The van der Waals surface area contributed by atoms with Crippen LogP contribution >= 0.6 is 11.8 Å². The standard InChI is InChI=1S/C26H31N5O2S/c1-18-16-31(15-14-27-18)24(32)20-4-8-21(9-5-20)29-25-28-13-12-23(30-25)19-6-10-22(11-7-19)34-17-26(2,3)33/h4-13,18,27,33H,14-17H2,1-3H3,(H,28,29,30)/t18-/m1/s1. The molecule has 1 aliphatic heterocycles. The molecule has 4 rings (SSSR count). The predicted molar refractivity (Wildman–Crippen MR) is 138 cm³/mol. The number of rotatable bonds is 7. The Bertz CT molecular complexity index is 1110. The molecular weight excluding hydrogens is 446 g/mol. The fraction of sp³-hybridized carbons (Fsp3) is 0.346. The van der Waals surface area contributed by atoms with Crippen LogP contribution in [-0.4, -0.2) is 62.9 Å². The van der Waals surface area contributed by atoms with Gasteiger partial charge in [0.05, 0.1) is 11.3 Å². The fourth-order valence-corrected chi connectivity index (χ4v) is 4.53. The van der Waals surface area contributed by atoms with Crippen molar-refractivity contribution in [3.05, 3.63) is 66.4 Å². The van der Waals surface area contributed by atoms with E-state index >= 15 is 0 Å². The third kappa shape index (κ3) is 6.56. The second kappa shape index (κ2) is 10.5. The highest BCUT2D eigenvalue weighted by Gasteiger charge is 2.21. The zero-order valence-corrected chi connectivity index (χ0v) is 20.6. The van der Waals surface area contributed by atoms with Crippen LogP contribution in [0.4, 0.5) is 11.6 Å². The summed E-state index contributed by atoms with van der Waals surface area (Å²) in [5.74, 6) is 1.18. The normalized spacial score (nSPS) is 16.4. The number of hydrogen-bond acceptors (Lipinski definition) is 7. The van der Waals surface area contributed by atoms with Crippen LogP contribution in [0.2, 0.25) is 0 Å². The molecule has 1 fully saturated rings. The molecule has 7 nitrogen and oxygen atoms in total. The van der Waals surface area contributed by atoms with Gasteiger partial charge in [-0.3, -0.25) is 4.79 Å². The number of piperazine rings is 1. The minimum atomic E-state index is -0.703. The highest BCUT2D eigenvalue weighted by atomic mass is 32.2. The Morgan fingerprint density at radius 2 is 1.91 bits per heavy atom. The molecule has 1 atom stereocenters. The molecule has 178 valence electrons. The maximum atomic E-state index is 12.8. The molecule has 1 aromatic heterocycles. The van der Waals surface area contributed by atoms with E-state index in [-0.39, 0.29) is 5.91 Å². The second-order valence-corrected chi connectivity index (χ2v) is 10.2. The molecule has 2 aromatic carbocycles. The lowest BCUT2D eigenvalue weighted by Crippen LogP contribution is -2.51. The molecular formula is C26H31N5O2S. The van der Waals surface area contributed by atoms with Gasteiger partial charge in [-0.1, -0.05) is 12.1 Å². The summed E-state index contributed by atoms with van der Waals surface area (Å²) < 4.78 is 0. The van der Waals surface area contributed by atoms with Crippen molar-refractivity contribution in [2.24, 2.45) is 0 Å². The Balaban J connectivity index is 1.40. The van der Waals surface area contributed by atoms with E-state index in [1.165, 1.54) is 0 Å². The molecule has 1 amide bonds. The van der Waals surface area contributed by atoms with E-state index < -0.39 is 5.60 Å². The highest BCUT2D eigenvalue weighted by Crippen LogP contribution is 2.26. The van der Waals surface area contributed by atoms with Gasteiger partial charge in [0.25, 0.3) is 5.91 Å². The van der Waals surface area contributed by atoms with Gasteiger partial charge >= 0.3 is 0 Å². The SMILES string of the molecule is C[C@@H]1CN(C(=O)c2ccc(Nc3nccc(-c4ccc(SCC(C)(C)O)cc4)n3)cc2)CCN1. The molecule has 1 saturated heterocycles. The van der Waals surface area contributed by atoms with E-state index in [0.717, 1.165) is 41.5 Å². The molecule has 2 heterocycles. The number of carbonyl (C=O) groups excluding carboxylic acids is 1. The van der Waals surface area contributed by atoms with Gasteiger partial charge in [-0.05, 0) is 63.2 Å². The van der Waals surface area contributed by atoms with Crippen LogP contribution in [0.3, 0.4) is 0 Å². The molecule has 0 saturated carbocycles. The number of hydrogen-bond donors (Lipinski definition) is 3. The van der Waals surface area contributed by atoms with Gasteiger partial charge in [-0.25, -0.2) is 9.97 Å². The number of anilines is 2. The third-order valence-corrected chi connectivity index (χ3v) is 6.90. The maximum Gasteiger partial charge on any atom is 0.253 e. The van der Waals surface area contributed by atoms with Crippen molar-refractivity contribution in [1.29, 1.82) is 0 Å². The fourth-order valence-electron chi connectivity index (χ4n) is 3.69. The molecule has 0 aliphatic carbocycles. The first-order valence-corrected chi connectivity index (χ1v) is 12.4. The van der Waals surface area contributed by atoms with Crippen molar-refractivity contribution >= 4 is 29.3 Å². The molecule has 0 bridgehead atoms. The van der Waals surface area contributed by atoms with Crippen LogP contribution in [0.5, 0.6) is 0 Å². The van der Waals surface area contributed by atoms with E-state index in [1.54, 1.807) is 18.0 Å². The van der Waals surface area contributed by atoms with E-state index in [2.05, 4.69) is 27.5 Å². The number of nitrogens with zero attached hydrogens (tertiary/aromatic N) is 3. The smallest absolute Gasteiger partial charge is 0.253 e. The van der Waals surface area contributed by atoms with E-state index in [9.17, 15) is 9.90 Å². The summed E-state index contributed by atoms with van der Waals surface area (Å²) in [6.45, 7) is 7.97. The first-order chi connectivity index (χ1) is 16.3. The zero-order valence-electron chi connectivity index (χ0n) is 19.8. The summed E-state index contributed by atoms with van der Waals surface area (Å²) in [5.41, 5.74) is 2.60. The van der Waals surface area contributed by atoms with Crippen LogP contribution in [0.25, 0.3) is 11.3 Å².